The standard InChI is InChI=1S/C8H15NO/c10-5-7-4-6-2-1-3-8(6)9-7/h6-10H,1-5H2/t6-,7?,8-/m1/s1. The molecule has 1 aliphatic heterocycles. The Kier molecular flexibility index (Phi) is 1.66. The summed E-state index contributed by atoms with van der Waals surface area (Å²) in [5.41, 5.74) is 0. The number of nitrogens with one attached hydrogen (secondary N) is 1. The first-order valence-electron chi connectivity index (χ1n) is 4.27. The third kappa shape index (κ3) is 0.956. The van der Waals surface area contributed by atoms with E-state index in [1.54, 1.807) is 0 Å². The maximum absolute atomic E-state index is 8.86. The lowest BCUT2D eigenvalue weighted by atomic mass is 10.0. The minimum atomic E-state index is 0.326. The monoisotopic (exact) mass is 141 g/mol. The van der Waals surface area contributed by atoms with Gasteiger partial charge in [0.05, 0.1) is 6.61 Å². The molecule has 0 radical (unpaired) electrons. The van der Waals surface area contributed by atoms with Gasteiger partial charge in [-0.3, -0.25) is 0 Å². The van der Waals surface area contributed by atoms with Crippen LogP contribution < -0.4 is 5.32 Å². The lowest BCUT2D eigenvalue weighted by molar-refractivity contribution is 0.248. The van der Waals surface area contributed by atoms with E-state index < -0.39 is 0 Å². The van der Waals surface area contributed by atoms with E-state index in [0.717, 1.165) is 12.0 Å². The fraction of sp³-hybridized carbons (Fsp3) is 1.00. The first kappa shape index (κ1) is 6.62. The Hall–Kier alpha value is -0.0800. The smallest absolute Gasteiger partial charge is 0.0584 e. The lowest BCUT2D eigenvalue weighted by Gasteiger charge is -2.08. The van der Waals surface area contributed by atoms with E-state index in [1.165, 1.54) is 25.7 Å². The molecule has 1 saturated carbocycles. The Morgan fingerprint density at radius 2 is 2.30 bits per heavy atom. The zero-order valence-electron chi connectivity index (χ0n) is 6.21. The molecular formula is C8H15NO. The largest absolute Gasteiger partial charge is 0.395 e. The molecule has 10 heavy (non-hydrogen) atoms. The summed E-state index contributed by atoms with van der Waals surface area (Å²) in [5.74, 6) is 0.886. The topological polar surface area (TPSA) is 32.3 Å². The predicted octanol–water partition coefficient (Wildman–Crippen LogP) is 0.509. The summed E-state index contributed by atoms with van der Waals surface area (Å²) in [5, 5.41) is 12.3. The lowest BCUT2D eigenvalue weighted by Crippen LogP contribution is -2.31. The van der Waals surface area contributed by atoms with Crippen LogP contribution >= 0.6 is 0 Å². The molecule has 3 atom stereocenters. The van der Waals surface area contributed by atoms with E-state index in [9.17, 15) is 0 Å². The Bertz CT molecular complexity index is 114. The fourth-order valence-corrected chi connectivity index (χ4v) is 2.40. The van der Waals surface area contributed by atoms with Crippen LogP contribution in [0.5, 0.6) is 0 Å². The Labute approximate surface area is 61.6 Å². The molecule has 1 aliphatic carbocycles. The molecule has 2 nitrogen and oxygen atoms in total. The third-order valence-electron chi connectivity index (χ3n) is 2.92. The van der Waals surface area contributed by atoms with E-state index in [2.05, 4.69) is 5.32 Å². The first-order valence-corrected chi connectivity index (χ1v) is 4.27. The van der Waals surface area contributed by atoms with Crippen molar-refractivity contribution < 1.29 is 5.11 Å². The second-order valence-electron chi connectivity index (χ2n) is 3.58. The Morgan fingerprint density at radius 3 is 3.00 bits per heavy atom. The van der Waals surface area contributed by atoms with Crippen LogP contribution in [0.1, 0.15) is 25.7 Å². The molecule has 2 N–H and O–H groups in total. The predicted molar refractivity (Wildman–Crippen MR) is 39.8 cm³/mol. The van der Waals surface area contributed by atoms with E-state index in [1.807, 2.05) is 0 Å². The number of rotatable bonds is 1. The van der Waals surface area contributed by atoms with Crippen LogP contribution in [0.3, 0.4) is 0 Å². The first-order chi connectivity index (χ1) is 4.90. The second-order valence-corrected chi connectivity index (χ2v) is 3.58. The second kappa shape index (κ2) is 2.51. The van der Waals surface area contributed by atoms with E-state index in [-0.39, 0.29) is 0 Å². The van der Waals surface area contributed by atoms with Gasteiger partial charge in [-0.15, -0.1) is 0 Å². The van der Waals surface area contributed by atoms with Crippen molar-refractivity contribution in [3.05, 3.63) is 0 Å². The number of aliphatic hydroxyl groups is 1. The highest BCUT2D eigenvalue weighted by Gasteiger charge is 2.35. The zero-order valence-corrected chi connectivity index (χ0v) is 6.21. The van der Waals surface area contributed by atoms with Crippen molar-refractivity contribution in [1.29, 1.82) is 0 Å². The zero-order chi connectivity index (χ0) is 6.97. The number of hydrogen-bond donors (Lipinski definition) is 2. The van der Waals surface area contributed by atoms with Gasteiger partial charge in [-0.25, -0.2) is 0 Å². The molecule has 0 aromatic heterocycles. The molecule has 0 bridgehead atoms. The highest BCUT2D eigenvalue weighted by atomic mass is 16.3. The average molecular weight is 141 g/mol. The van der Waals surface area contributed by atoms with Gasteiger partial charge < -0.3 is 10.4 Å². The van der Waals surface area contributed by atoms with Crippen LogP contribution in [0.2, 0.25) is 0 Å². The van der Waals surface area contributed by atoms with Crippen molar-refractivity contribution >= 4 is 0 Å². The molecule has 1 unspecified atom stereocenters. The van der Waals surface area contributed by atoms with Crippen LogP contribution in [-0.2, 0) is 0 Å². The molecule has 2 rings (SSSR count). The molecule has 0 spiro atoms. The molecule has 2 fully saturated rings. The van der Waals surface area contributed by atoms with Crippen LogP contribution in [0, 0.1) is 5.92 Å². The molecule has 0 amide bonds. The number of hydrogen-bond acceptors (Lipinski definition) is 2. The Balaban J connectivity index is 1.94. The van der Waals surface area contributed by atoms with Crippen molar-refractivity contribution in [3.63, 3.8) is 0 Å². The molecule has 2 aliphatic rings. The summed E-state index contributed by atoms with van der Waals surface area (Å²) >= 11 is 0. The normalized spacial score (nSPS) is 45.9. The van der Waals surface area contributed by atoms with Crippen LogP contribution in [0.15, 0.2) is 0 Å². The molecule has 1 heterocycles. The van der Waals surface area contributed by atoms with Gasteiger partial charge in [0.1, 0.15) is 0 Å². The molecule has 58 valence electrons. The molecule has 2 heteroatoms. The molecule has 1 saturated heterocycles. The quantitative estimate of drug-likeness (QED) is 0.557. The summed E-state index contributed by atoms with van der Waals surface area (Å²) in [6.07, 6.45) is 5.32. The van der Waals surface area contributed by atoms with E-state index >= 15 is 0 Å². The van der Waals surface area contributed by atoms with Crippen LogP contribution in [0.4, 0.5) is 0 Å². The van der Waals surface area contributed by atoms with Crippen LogP contribution in [0.25, 0.3) is 0 Å². The average Bonchev–Trinajstić information content (AvgIpc) is 2.42. The highest BCUT2D eigenvalue weighted by molar-refractivity contribution is 4.93. The summed E-state index contributed by atoms with van der Waals surface area (Å²) in [6, 6.07) is 1.16. The van der Waals surface area contributed by atoms with Crippen molar-refractivity contribution in [2.75, 3.05) is 6.61 Å². The van der Waals surface area contributed by atoms with Gasteiger partial charge in [-0.2, -0.15) is 0 Å². The van der Waals surface area contributed by atoms with Gasteiger partial charge in [0.15, 0.2) is 0 Å². The summed E-state index contributed by atoms with van der Waals surface area (Å²) in [6.45, 7) is 0.326. The van der Waals surface area contributed by atoms with E-state index in [0.29, 0.717) is 12.6 Å². The van der Waals surface area contributed by atoms with E-state index in [4.69, 9.17) is 5.11 Å². The minimum absolute atomic E-state index is 0.326. The minimum Gasteiger partial charge on any atom is -0.395 e. The SMILES string of the molecule is OCC1C[C@H]2CCC[C@H]2N1. The van der Waals surface area contributed by atoms with Crippen molar-refractivity contribution in [2.24, 2.45) is 5.92 Å². The van der Waals surface area contributed by atoms with Crippen molar-refractivity contribution in [3.8, 4) is 0 Å². The van der Waals surface area contributed by atoms with Gasteiger partial charge in [0.25, 0.3) is 0 Å². The molecule has 0 aromatic carbocycles. The third-order valence-corrected chi connectivity index (χ3v) is 2.92. The summed E-state index contributed by atoms with van der Waals surface area (Å²) < 4.78 is 0. The van der Waals surface area contributed by atoms with Gasteiger partial charge >= 0.3 is 0 Å². The Morgan fingerprint density at radius 1 is 1.40 bits per heavy atom. The van der Waals surface area contributed by atoms with Crippen LogP contribution in [-0.4, -0.2) is 23.8 Å². The number of fused-ring (bicyclic) bond motifs is 1. The maximum Gasteiger partial charge on any atom is 0.0584 e. The number of aliphatic hydroxyl groups excluding tert-OH is 1. The summed E-state index contributed by atoms with van der Waals surface area (Å²) in [7, 11) is 0. The van der Waals surface area contributed by atoms with Gasteiger partial charge in [-0.05, 0) is 25.2 Å². The molecular weight excluding hydrogens is 126 g/mol. The van der Waals surface area contributed by atoms with Crippen molar-refractivity contribution in [1.82, 2.24) is 5.32 Å². The summed E-state index contributed by atoms with van der Waals surface area (Å²) in [4.78, 5) is 0. The fourth-order valence-electron chi connectivity index (χ4n) is 2.40. The molecule has 0 aromatic rings. The van der Waals surface area contributed by atoms with Gasteiger partial charge in [-0.1, -0.05) is 6.42 Å². The highest BCUT2D eigenvalue weighted by Crippen LogP contribution is 2.34. The van der Waals surface area contributed by atoms with Crippen molar-refractivity contribution in [2.45, 2.75) is 37.8 Å². The van der Waals surface area contributed by atoms with Gasteiger partial charge in [0, 0.05) is 12.1 Å². The van der Waals surface area contributed by atoms with Gasteiger partial charge in [0.2, 0.25) is 0 Å². The maximum atomic E-state index is 8.86.